The van der Waals surface area contributed by atoms with Gasteiger partial charge in [-0.2, -0.15) is 0 Å². The summed E-state index contributed by atoms with van der Waals surface area (Å²) >= 11 is 12.4. The van der Waals surface area contributed by atoms with Crippen molar-refractivity contribution in [2.45, 2.75) is 51.6 Å². The van der Waals surface area contributed by atoms with Gasteiger partial charge in [0.1, 0.15) is 0 Å². The average molecular weight is 443 g/mol. The molecule has 1 aromatic heterocycles. The number of aromatic nitrogens is 1. The van der Waals surface area contributed by atoms with Crippen LogP contribution in [0.3, 0.4) is 0 Å². The molecule has 0 aliphatic heterocycles. The zero-order valence-electron chi connectivity index (χ0n) is 16.9. The monoisotopic (exact) mass is 442 g/mol. The van der Waals surface area contributed by atoms with E-state index in [2.05, 4.69) is 5.32 Å². The molecule has 1 aliphatic rings. The first-order valence-corrected chi connectivity index (χ1v) is 11.1. The predicted molar refractivity (Wildman–Crippen MR) is 122 cm³/mol. The van der Waals surface area contributed by atoms with Gasteiger partial charge in [-0.05, 0) is 43.5 Å². The minimum absolute atomic E-state index is 0.0942. The Morgan fingerprint density at radius 2 is 1.80 bits per heavy atom. The number of benzene rings is 2. The fourth-order valence-corrected chi connectivity index (χ4v) is 4.82. The van der Waals surface area contributed by atoms with Crippen LogP contribution in [-0.2, 0) is 11.3 Å². The molecule has 2 aromatic carbocycles. The molecule has 0 spiro atoms. The molecule has 0 radical (unpaired) electrons. The molecule has 30 heavy (non-hydrogen) atoms. The van der Waals surface area contributed by atoms with Crippen molar-refractivity contribution in [3.8, 4) is 0 Å². The molecule has 1 amide bonds. The third kappa shape index (κ3) is 4.12. The van der Waals surface area contributed by atoms with Gasteiger partial charge in [0, 0.05) is 39.2 Å². The lowest BCUT2D eigenvalue weighted by molar-refractivity contribution is -0.117. The lowest BCUT2D eigenvalue weighted by Crippen LogP contribution is -2.40. The molecule has 1 N–H and O–H groups in total. The van der Waals surface area contributed by atoms with Gasteiger partial charge in [-0.1, -0.05) is 66.7 Å². The minimum atomic E-state index is -0.516. The first kappa shape index (κ1) is 21.0. The highest BCUT2D eigenvalue weighted by Gasteiger charge is 2.27. The van der Waals surface area contributed by atoms with Crippen molar-refractivity contribution < 1.29 is 9.59 Å². The highest BCUT2D eigenvalue weighted by atomic mass is 35.5. The van der Waals surface area contributed by atoms with Gasteiger partial charge in [0.25, 0.3) is 11.7 Å². The van der Waals surface area contributed by atoms with Crippen molar-refractivity contribution in [1.82, 2.24) is 9.88 Å². The van der Waals surface area contributed by atoms with E-state index >= 15 is 0 Å². The SMILES string of the molecule is Cc1c(C(=O)C(=O)NC2CCCCC2)c2ccccc2n1Cc1ccc(Cl)cc1Cl. The number of amides is 1. The van der Waals surface area contributed by atoms with Gasteiger partial charge >= 0.3 is 0 Å². The molecule has 156 valence electrons. The van der Waals surface area contributed by atoms with Crippen molar-refractivity contribution >= 4 is 45.8 Å². The van der Waals surface area contributed by atoms with E-state index in [-0.39, 0.29) is 6.04 Å². The number of nitrogens with zero attached hydrogens (tertiary/aromatic N) is 1. The molecule has 4 rings (SSSR count). The fourth-order valence-electron chi connectivity index (χ4n) is 4.35. The number of nitrogens with one attached hydrogen (secondary N) is 1. The predicted octanol–water partition coefficient (Wildman–Crippen LogP) is 5.94. The maximum atomic E-state index is 13.2. The van der Waals surface area contributed by atoms with Gasteiger partial charge < -0.3 is 9.88 Å². The summed E-state index contributed by atoms with van der Waals surface area (Å²) in [6, 6.07) is 13.2. The van der Waals surface area contributed by atoms with Crippen molar-refractivity contribution in [2.75, 3.05) is 0 Å². The maximum absolute atomic E-state index is 13.2. The van der Waals surface area contributed by atoms with Gasteiger partial charge in [-0.15, -0.1) is 0 Å². The number of carbonyl (C=O) groups is 2. The highest BCUT2D eigenvalue weighted by molar-refractivity contribution is 6.45. The molecule has 0 saturated heterocycles. The minimum Gasteiger partial charge on any atom is -0.346 e. The largest absolute Gasteiger partial charge is 0.346 e. The molecule has 1 aliphatic carbocycles. The zero-order chi connectivity index (χ0) is 21.3. The second-order valence-corrected chi connectivity index (χ2v) is 8.78. The lowest BCUT2D eigenvalue weighted by Gasteiger charge is -2.22. The molecule has 1 heterocycles. The van der Waals surface area contributed by atoms with Crippen LogP contribution in [0.25, 0.3) is 10.9 Å². The Hall–Kier alpha value is -2.30. The van der Waals surface area contributed by atoms with Crippen molar-refractivity contribution in [1.29, 1.82) is 0 Å². The van der Waals surface area contributed by atoms with E-state index in [4.69, 9.17) is 23.2 Å². The van der Waals surface area contributed by atoms with Gasteiger partial charge in [0.2, 0.25) is 0 Å². The third-order valence-electron chi connectivity index (χ3n) is 5.95. The maximum Gasteiger partial charge on any atom is 0.292 e. The molecule has 0 unspecified atom stereocenters. The number of ketones is 1. The molecule has 0 bridgehead atoms. The van der Waals surface area contributed by atoms with E-state index in [1.165, 1.54) is 6.42 Å². The molecular weight excluding hydrogens is 419 g/mol. The number of fused-ring (bicyclic) bond motifs is 1. The van der Waals surface area contributed by atoms with Crippen LogP contribution in [0.4, 0.5) is 0 Å². The van der Waals surface area contributed by atoms with Crippen LogP contribution in [0.2, 0.25) is 10.0 Å². The zero-order valence-corrected chi connectivity index (χ0v) is 18.4. The van der Waals surface area contributed by atoms with Crippen LogP contribution >= 0.6 is 23.2 Å². The molecule has 0 atom stereocenters. The number of Topliss-reactive ketones (excluding diaryl/α,β-unsaturated/α-hetero) is 1. The van der Waals surface area contributed by atoms with Crippen LogP contribution < -0.4 is 5.32 Å². The van der Waals surface area contributed by atoms with Gasteiger partial charge in [-0.25, -0.2) is 0 Å². The quantitative estimate of drug-likeness (QED) is 0.392. The summed E-state index contributed by atoms with van der Waals surface area (Å²) in [7, 11) is 0. The van der Waals surface area contributed by atoms with E-state index in [0.29, 0.717) is 22.2 Å². The molecule has 3 aromatic rings. The number of para-hydroxylation sites is 1. The smallest absolute Gasteiger partial charge is 0.292 e. The van der Waals surface area contributed by atoms with Crippen LogP contribution in [-0.4, -0.2) is 22.3 Å². The third-order valence-corrected chi connectivity index (χ3v) is 6.54. The van der Waals surface area contributed by atoms with E-state index in [0.717, 1.165) is 47.8 Å². The fraction of sp³-hybridized carbons (Fsp3) is 0.333. The second kappa shape index (κ2) is 8.83. The normalized spacial score (nSPS) is 14.8. The lowest BCUT2D eigenvalue weighted by atomic mass is 9.95. The average Bonchev–Trinajstić information content (AvgIpc) is 3.01. The Bertz CT molecular complexity index is 1110. The van der Waals surface area contributed by atoms with Crippen LogP contribution in [0.5, 0.6) is 0 Å². The number of hydrogen-bond acceptors (Lipinski definition) is 2. The van der Waals surface area contributed by atoms with Gasteiger partial charge in [0.05, 0.1) is 5.56 Å². The molecule has 1 fully saturated rings. The summed E-state index contributed by atoms with van der Waals surface area (Å²) in [5, 5.41) is 4.88. The number of hydrogen-bond donors (Lipinski definition) is 1. The number of carbonyl (C=O) groups excluding carboxylic acids is 2. The van der Waals surface area contributed by atoms with E-state index in [1.54, 1.807) is 12.1 Å². The number of halogens is 2. The number of rotatable bonds is 5. The Balaban J connectivity index is 1.69. The summed E-state index contributed by atoms with van der Waals surface area (Å²) in [6.45, 7) is 2.37. The molecule has 4 nitrogen and oxygen atoms in total. The van der Waals surface area contributed by atoms with Crippen LogP contribution in [0.1, 0.15) is 53.7 Å². The van der Waals surface area contributed by atoms with Crippen molar-refractivity contribution in [3.05, 3.63) is 69.3 Å². The Labute approximate surface area is 186 Å². The Morgan fingerprint density at radius 3 is 2.53 bits per heavy atom. The summed E-state index contributed by atoms with van der Waals surface area (Å²) in [5.41, 5.74) is 3.01. The molecular formula is C24H24Cl2N2O2. The van der Waals surface area contributed by atoms with Crippen LogP contribution in [0, 0.1) is 6.92 Å². The topological polar surface area (TPSA) is 51.1 Å². The first-order chi connectivity index (χ1) is 14.5. The van der Waals surface area contributed by atoms with Gasteiger partial charge in [0.15, 0.2) is 0 Å². The Kier molecular flexibility index (Phi) is 6.16. The van der Waals surface area contributed by atoms with Crippen molar-refractivity contribution in [2.24, 2.45) is 0 Å². The highest BCUT2D eigenvalue weighted by Crippen LogP contribution is 2.30. The molecule has 6 heteroatoms. The summed E-state index contributed by atoms with van der Waals surface area (Å²) in [4.78, 5) is 25.9. The summed E-state index contributed by atoms with van der Waals surface area (Å²) < 4.78 is 2.03. The summed E-state index contributed by atoms with van der Waals surface area (Å²) in [5.74, 6) is -0.993. The summed E-state index contributed by atoms with van der Waals surface area (Å²) in [6.07, 6.45) is 5.27. The van der Waals surface area contributed by atoms with E-state index in [9.17, 15) is 9.59 Å². The molecule has 1 saturated carbocycles. The van der Waals surface area contributed by atoms with Crippen molar-refractivity contribution in [3.63, 3.8) is 0 Å². The Morgan fingerprint density at radius 1 is 1.07 bits per heavy atom. The van der Waals surface area contributed by atoms with Gasteiger partial charge in [-0.3, -0.25) is 9.59 Å². The van der Waals surface area contributed by atoms with Crippen LogP contribution in [0.15, 0.2) is 42.5 Å². The standard InChI is InChI=1S/C24H24Cl2N2O2/c1-15-22(23(29)24(30)27-18-7-3-2-4-8-18)19-9-5-6-10-21(19)28(15)14-16-11-12-17(25)13-20(16)26/h5-6,9-13,18H,2-4,7-8,14H2,1H3,(H,27,30). The second-order valence-electron chi connectivity index (χ2n) is 7.94. The first-order valence-electron chi connectivity index (χ1n) is 10.3. The van der Waals surface area contributed by atoms with E-state index < -0.39 is 11.7 Å². The van der Waals surface area contributed by atoms with E-state index in [1.807, 2.05) is 41.8 Å².